The highest BCUT2D eigenvalue weighted by Crippen LogP contribution is 2.44. The predicted molar refractivity (Wildman–Crippen MR) is 60.4 cm³/mol. The van der Waals surface area contributed by atoms with Crippen molar-refractivity contribution < 1.29 is 0 Å². The summed E-state index contributed by atoms with van der Waals surface area (Å²) in [5.41, 5.74) is 0. The Hall–Kier alpha value is 0.310. The highest BCUT2D eigenvalue weighted by molar-refractivity contribution is 8.00. The van der Waals surface area contributed by atoms with Gasteiger partial charge in [-0.2, -0.15) is 11.8 Å². The van der Waals surface area contributed by atoms with Crippen LogP contribution in [0.3, 0.4) is 0 Å². The summed E-state index contributed by atoms with van der Waals surface area (Å²) in [4.78, 5) is 2.67. The van der Waals surface area contributed by atoms with Crippen LogP contribution in [0.5, 0.6) is 0 Å². The number of hydrogen-bond acceptors (Lipinski definition) is 2. The molecule has 0 unspecified atom stereocenters. The van der Waals surface area contributed by atoms with Crippen LogP contribution in [0.2, 0.25) is 0 Å². The first kappa shape index (κ1) is 9.85. The van der Waals surface area contributed by atoms with E-state index in [2.05, 4.69) is 30.5 Å². The van der Waals surface area contributed by atoms with Gasteiger partial charge >= 0.3 is 0 Å². The van der Waals surface area contributed by atoms with Gasteiger partial charge < -0.3 is 0 Å². The minimum atomic E-state index is 0.669. The third-order valence-electron chi connectivity index (χ3n) is 3.52. The number of rotatable bonds is 1. The van der Waals surface area contributed by atoms with Gasteiger partial charge in [0.25, 0.3) is 0 Å². The van der Waals surface area contributed by atoms with E-state index in [1.807, 2.05) is 0 Å². The molecule has 0 N–H and O–H groups in total. The van der Waals surface area contributed by atoms with Gasteiger partial charge in [-0.05, 0) is 26.7 Å². The standard InChI is InChI=1S/C11H21NS/c1-10(2)12-7-8-13-11(9-12)5-3-4-6-11/h10H,3-9H2,1-2H3. The zero-order valence-electron chi connectivity index (χ0n) is 8.88. The van der Waals surface area contributed by atoms with E-state index in [9.17, 15) is 0 Å². The molecule has 2 heteroatoms. The Kier molecular flexibility index (Phi) is 2.89. The molecule has 0 radical (unpaired) electrons. The first-order valence-electron chi connectivity index (χ1n) is 5.60. The van der Waals surface area contributed by atoms with Gasteiger partial charge in [-0.15, -0.1) is 0 Å². The molecule has 0 aromatic carbocycles. The molecule has 76 valence electrons. The van der Waals surface area contributed by atoms with Crippen LogP contribution in [0, 0.1) is 0 Å². The smallest absolute Gasteiger partial charge is 0.0287 e. The minimum Gasteiger partial charge on any atom is -0.299 e. The van der Waals surface area contributed by atoms with Gasteiger partial charge in [0.2, 0.25) is 0 Å². The van der Waals surface area contributed by atoms with Crippen molar-refractivity contribution in [2.24, 2.45) is 0 Å². The monoisotopic (exact) mass is 199 g/mol. The van der Waals surface area contributed by atoms with Crippen molar-refractivity contribution in [2.75, 3.05) is 18.8 Å². The van der Waals surface area contributed by atoms with Gasteiger partial charge in [-0.1, -0.05) is 12.8 Å². The Balaban J connectivity index is 1.98. The van der Waals surface area contributed by atoms with Crippen LogP contribution in [0.4, 0.5) is 0 Å². The molecule has 1 aliphatic heterocycles. The second-order valence-corrected chi connectivity index (χ2v) is 6.37. The Labute approximate surface area is 86.3 Å². The Morgan fingerprint density at radius 3 is 2.54 bits per heavy atom. The van der Waals surface area contributed by atoms with Gasteiger partial charge in [0.1, 0.15) is 0 Å². The lowest BCUT2D eigenvalue weighted by Crippen LogP contribution is -2.47. The summed E-state index contributed by atoms with van der Waals surface area (Å²) in [6.07, 6.45) is 5.89. The average Bonchev–Trinajstić information content (AvgIpc) is 2.53. The fourth-order valence-corrected chi connectivity index (χ4v) is 4.23. The van der Waals surface area contributed by atoms with Gasteiger partial charge in [-0.25, -0.2) is 0 Å². The van der Waals surface area contributed by atoms with E-state index in [4.69, 9.17) is 0 Å². The van der Waals surface area contributed by atoms with Crippen LogP contribution < -0.4 is 0 Å². The van der Waals surface area contributed by atoms with Gasteiger partial charge in [0, 0.05) is 29.6 Å². The first-order chi connectivity index (χ1) is 6.22. The molecule has 2 rings (SSSR count). The van der Waals surface area contributed by atoms with E-state index in [1.54, 1.807) is 0 Å². The molecule has 1 nitrogen and oxygen atoms in total. The Bertz CT molecular complexity index is 173. The summed E-state index contributed by atoms with van der Waals surface area (Å²) in [7, 11) is 0. The van der Waals surface area contributed by atoms with Gasteiger partial charge in [-0.3, -0.25) is 4.90 Å². The SMILES string of the molecule is CC(C)N1CCSC2(CCCC2)C1. The molecular formula is C11H21NS. The minimum absolute atomic E-state index is 0.669. The van der Waals surface area contributed by atoms with Gasteiger partial charge in [0.05, 0.1) is 0 Å². The summed E-state index contributed by atoms with van der Waals surface area (Å²) in [5.74, 6) is 1.36. The molecule has 0 aromatic rings. The lowest BCUT2D eigenvalue weighted by molar-refractivity contribution is 0.202. The van der Waals surface area contributed by atoms with E-state index in [1.165, 1.54) is 44.5 Å². The van der Waals surface area contributed by atoms with Crippen LogP contribution >= 0.6 is 11.8 Å². The van der Waals surface area contributed by atoms with Crippen molar-refractivity contribution in [3.8, 4) is 0 Å². The number of nitrogens with zero attached hydrogens (tertiary/aromatic N) is 1. The molecule has 1 heterocycles. The van der Waals surface area contributed by atoms with Crippen LogP contribution in [-0.2, 0) is 0 Å². The molecule has 1 aliphatic carbocycles. The quantitative estimate of drug-likeness (QED) is 0.639. The molecular weight excluding hydrogens is 178 g/mol. The summed E-state index contributed by atoms with van der Waals surface area (Å²) < 4.78 is 0.669. The molecule has 2 fully saturated rings. The highest BCUT2D eigenvalue weighted by atomic mass is 32.2. The molecule has 13 heavy (non-hydrogen) atoms. The van der Waals surface area contributed by atoms with Crippen molar-refractivity contribution in [1.29, 1.82) is 0 Å². The molecule has 0 aromatic heterocycles. The Morgan fingerprint density at radius 1 is 1.23 bits per heavy atom. The normalized spacial score (nSPS) is 28.8. The third kappa shape index (κ3) is 2.04. The van der Waals surface area contributed by atoms with Crippen molar-refractivity contribution >= 4 is 11.8 Å². The van der Waals surface area contributed by atoms with E-state index < -0.39 is 0 Å². The zero-order valence-corrected chi connectivity index (χ0v) is 9.70. The maximum absolute atomic E-state index is 2.67. The maximum atomic E-state index is 2.67. The largest absolute Gasteiger partial charge is 0.299 e. The van der Waals surface area contributed by atoms with E-state index in [0.29, 0.717) is 4.75 Å². The van der Waals surface area contributed by atoms with Crippen molar-refractivity contribution in [2.45, 2.75) is 50.3 Å². The van der Waals surface area contributed by atoms with E-state index >= 15 is 0 Å². The molecule has 1 saturated heterocycles. The summed E-state index contributed by atoms with van der Waals surface area (Å²) >= 11 is 2.25. The maximum Gasteiger partial charge on any atom is 0.0287 e. The molecule has 1 saturated carbocycles. The second-order valence-electron chi connectivity index (χ2n) is 4.80. The lowest BCUT2D eigenvalue weighted by Gasteiger charge is -2.41. The van der Waals surface area contributed by atoms with Crippen LogP contribution in [0.1, 0.15) is 39.5 Å². The molecule has 1 spiro atoms. The molecule has 2 aliphatic rings. The molecule has 0 amide bonds. The number of thioether (sulfide) groups is 1. The fourth-order valence-electron chi connectivity index (χ4n) is 2.64. The summed E-state index contributed by atoms with van der Waals surface area (Å²) in [6.45, 7) is 7.33. The summed E-state index contributed by atoms with van der Waals surface area (Å²) in [5, 5.41) is 0. The van der Waals surface area contributed by atoms with E-state index in [0.717, 1.165) is 6.04 Å². The lowest BCUT2D eigenvalue weighted by atomic mass is 10.1. The van der Waals surface area contributed by atoms with Crippen molar-refractivity contribution in [3.63, 3.8) is 0 Å². The van der Waals surface area contributed by atoms with Crippen molar-refractivity contribution in [3.05, 3.63) is 0 Å². The second kappa shape index (κ2) is 3.82. The van der Waals surface area contributed by atoms with E-state index in [-0.39, 0.29) is 0 Å². The molecule has 0 bridgehead atoms. The van der Waals surface area contributed by atoms with Crippen LogP contribution in [0.25, 0.3) is 0 Å². The number of hydrogen-bond donors (Lipinski definition) is 0. The highest BCUT2D eigenvalue weighted by Gasteiger charge is 2.38. The first-order valence-corrected chi connectivity index (χ1v) is 6.58. The summed E-state index contributed by atoms with van der Waals surface area (Å²) in [6, 6.07) is 0.748. The third-order valence-corrected chi connectivity index (χ3v) is 5.06. The van der Waals surface area contributed by atoms with Crippen molar-refractivity contribution in [1.82, 2.24) is 4.90 Å². The van der Waals surface area contributed by atoms with Crippen LogP contribution in [0.15, 0.2) is 0 Å². The Morgan fingerprint density at radius 2 is 1.92 bits per heavy atom. The molecule has 0 atom stereocenters. The average molecular weight is 199 g/mol. The topological polar surface area (TPSA) is 3.24 Å². The van der Waals surface area contributed by atoms with Crippen LogP contribution in [-0.4, -0.2) is 34.5 Å². The fraction of sp³-hybridized carbons (Fsp3) is 1.00. The zero-order chi connectivity index (χ0) is 9.31. The van der Waals surface area contributed by atoms with Gasteiger partial charge in [0.15, 0.2) is 0 Å². The predicted octanol–water partition coefficient (Wildman–Crippen LogP) is 2.76.